The van der Waals surface area contributed by atoms with Crippen LogP contribution in [0.4, 0.5) is 10.6 Å². The highest BCUT2D eigenvalue weighted by Crippen LogP contribution is 2.44. The highest BCUT2D eigenvalue weighted by molar-refractivity contribution is 5.88. The zero-order valence-electron chi connectivity index (χ0n) is 12.9. The van der Waals surface area contributed by atoms with E-state index in [1.54, 1.807) is 0 Å². The van der Waals surface area contributed by atoms with Gasteiger partial charge in [0.1, 0.15) is 0 Å². The number of urea groups is 1. The van der Waals surface area contributed by atoms with Crippen molar-refractivity contribution in [3.8, 4) is 0 Å². The van der Waals surface area contributed by atoms with Crippen molar-refractivity contribution in [2.75, 3.05) is 26.0 Å². The van der Waals surface area contributed by atoms with Gasteiger partial charge in [0.25, 0.3) is 0 Å². The van der Waals surface area contributed by atoms with Gasteiger partial charge in [-0.3, -0.25) is 10.00 Å². The fourth-order valence-corrected chi connectivity index (χ4v) is 3.60. The molecule has 0 spiro atoms. The van der Waals surface area contributed by atoms with Gasteiger partial charge in [-0.2, -0.15) is 5.10 Å². The Morgan fingerprint density at radius 3 is 2.95 bits per heavy atom. The molecule has 2 aliphatic carbocycles. The summed E-state index contributed by atoms with van der Waals surface area (Å²) in [5.41, 5.74) is 0. The van der Waals surface area contributed by atoms with Crippen LogP contribution in [0.2, 0.25) is 0 Å². The summed E-state index contributed by atoms with van der Waals surface area (Å²) in [5.74, 6) is 2.15. The molecule has 6 nitrogen and oxygen atoms in total. The Labute approximate surface area is 125 Å². The molecule has 0 saturated heterocycles. The van der Waals surface area contributed by atoms with Crippen LogP contribution >= 0.6 is 0 Å². The monoisotopic (exact) mass is 291 g/mol. The Balaban J connectivity index is 1.46. The van der Waals surface area contributed by atoms with Crippen LogP contribution in [0, 0.1) is 11.8 Å². The molecular formula is C15H25N5O. The van der Waals surface area contributed by atoms with Crippen molar-refractivity contribution in [3.05, 3.63) is 12.3 Å². The van der Waals surface area contributed by atoms with Crippen LogP contribution < -0.4 is 10.6 Å². The smallest absolute Gasteiger partial charge is 0.320 e. The van der Waals surface area contributed by atoms with Gasteiger partial charge in [-0.1, -0.05) is 6.42 Å². The molecule has 6 heteroatoms. The summed E-state index contributed by atoms with van der Waals surface area (Å²) in [5, 5.41) is 10.3. The SMILES string of the molecule is CN(C)CCn1ccc(NC(=O)NC2CC3CCC2C3)n1. The first-order valence-corrected chi connectivity index (χ1v) is 7.86. The van der Waals surface area contributed by atoms with E-state index < -0.39 is 0 Å². The number of fused-ring (bicyclic) bond motifs is 2. The Morgan fingerprint density at radius 1 is 1.43 bits per heavy atom. The number of nitrogens with one attached hydrogen (secondary N) is 2. The summed E-state index contributed by atoms with van der Waals surface area (Å²) in [6.07, 6.45) is 6.96. The molecule has 21 heavy (non-hydrogen) atoms. The van der Waals surface area contributed by atoms with E-state index in [1.165, 1.54) is 19.3 Å². The number of amides is 2. The second-order valence-corrected chi connectivity index (χ2v) is 6.65. The minimum atomic E-state index is -0.120. The number of hydrogen-bond donors (Lipinski definition) is 2. The maximum absolute atomic E-state index is 12.0. The second-order valence-electron chi connectivity index (χ2n) is 6.65. The van der Waals surface area contributed by atoms with Crippen molar-refractivity contribution in [2.45, 2.75) is 38.3 Å². The van der Waals surface area contributed by atoms with E-state index in [0.717, 1.165) is 25.4 Å². The first-order valence-electron chi connectivity index (χ1n) is 7.86. The van der Waals surface area contributed by atoms with Crippen molar-refractivity contribution < 1.29 is 4.79 Å². The third-order valence-corrected chi connectivity index (χ3v) is 4.71. The maximum Gasteiger partial charge on any atom is 0.320 e. The van der Waals surface area contributed by atoms with Gasteiger partial charge in [0.05, 0.1) is 6.54 Å². The quantitative estimate of drug-likeness (QED) is 0.869. The van der Waals surface area contributed by atoms with E-state index in [-0.39, 0.29) is 6.03 Å². The lowest BCUT2D eigenvalue weighted by molar-refractivity contribution is 0.242. The molecule has 2 saturated carbocycles. The molecule has 1 heterocycles. The number of likely N-dealkylation sites (N-methyl/N-ethyl adjacent to an activating group) is 1. The fraction of sp³-hybridized carbons (Fsp3) is 0.733. The van der Waals surface area contributed by atoms with Crippen LogP contribution in [0.1, 0.15) is 25.7 Å². The molecule has 2 aliphatic rings. The largest absolute Gasteiger partial charge is 0.335 e. The van der Waals surface area contributed by atoms with Gasteiger partial charge in [0.2, 0.25) is 0 Å². The highest BCUT2D eigenvalue weighted by atomic mass is 16.2. The Kier molecular flexibility index (Phi) is 4.14. The van der Waals surface area contributed by atoms with Crippen molar-refractivity contribution in [3.63, 3.8) is 0 Å². The zero-order chi connectivity index (χ0) is 14.8. The third-order valence-electron chi connectivity index (χ3n) is 4.71. The van der Waals surface area contributed by atoms with E-state index >= 15 is 0 Å². The average molecular weight is 291 g/mol. The number of nitrogens with zero attached hydrogens (tertiary/aromatic N) is 3. The molecule has 0 radical (unpaired) electrons. The normalized spacial score (nSPS) is 27.3. The van der Waals surface area contributed by atoms with Crippen molar-refractivity contribution in [1.29, 1.82) is 0 Å². The van der Waals surface area contributed by atoms with Crippen LogP contribution in [0.3, 0.4) is 0 Å². The lowest BCUT2D eigenvalue weighted by Gasteiger charge is -2.22. The van der Waals surface area contributed by atoms with Crippen LogP contribution in [0.5, 0.6) is 0 Å². The number of carbonyl (C=O) groups is 1. The number of aromatic nitrogens is 2. The number of hydrogen-bond acceptors (Lipinski definition) is 3. The molecule has 3 rings (SSSR count). The van der Waals surface area contributed by atoms with Gasteiger partial charge in [-0.25, -0.2) is 4.79 Å². The minimum absolute atomic E-state index is 0.120. The molecule has 2 amide bonds. The molecular weight excluding hydrogens is 266 g/mol. The Hall–Kier alpha value is -1.56. The predicted molar refractivity (Wildman–Crippen MR) is 82.2 cm³/mol. The van der Waals surface area contributed by atoms with Gasteiger partial charge < -0.3 is 10.2 Å². The van der Waals surface area contributed by atoms with Gasteiger partial charge in [0, 0.05) is 24.8 Å². The molecule has 2 bridgehead atoms. The van der Waals surface area contributed by atoms with Crippen molar-refractivity contribution in [1.82, 2.24) is 20.0 Å². The Morgan fingerprint density at radius 2 is 2.29 bits per heavy atom. The summed E-state index contributed by atoms with van der Waals surface area (Å²) < 4.78 is 1.85. The molecule has 0 aliphatic heterocycles. The maximum atomic E-state index is 12.0. The summed E-state index contributed by atoms with van der Waals surface area (Å²) in [6, 6.07) is 2.08. The molecule has 2 fully saturated rings. The molecule has 1 aromatic rings. The zero-order valence-corrected chi connectivity index (χ0v) is 12.9. The number of rotatable bonds is 5. The lowest BCUT2D eigenvalue weighted by atomic mass is 9.95. The second kappa shape index (κ2) is 6.05. The molecule has 116 valence electrons. The van der Waals surface area contributed by atoms with Crippen molar-refractivity contribution >= 4 is 11.8 Å². The predicted octanol–water partition coefficient (Wildman–Crippen LogP) is 1.75. The van der Waals surface area contributed by atoms with Crippen LogP contribution in [-0.2, 0) is 6.54 Å². The van der Waals surface area contributed by atoms with Gasteiger partial charge in [-0.05, 0) is 45.2 Å². The summed E-state index contributed by atoms with van der Waals surface area (Å²) in [7, 11) is 4.07. The van der Waals surface area contributed by atoms with Gasteiger partial charge in [-0.15, -0.1) is 0 Å². The number of anilines is 1. The first-order chi connectivity index (χ1) is 10.1. The lowest BCUT2D eigenvalue weighted by Crippen LogP contribution is -2.41. The van der Waals surface area contributed by atoms with Crippen LogP contribution in [0.15, 0.2) is 12.3 Å². The Bertz CT molecular complexity index is 498. The third kappa shape index (κ3) is 3.56. The summed E-state index contributed by atoms with van der Waals surface area (Å²) >= 11 is 0. The summed E-state index contributed by atoms with van der Waals surface area (Å²) in [4.78, 5) is 14.1. The fourth-order valence-electron chi connectivity index (χ4n) is 3.60. The molecule has 3 atom stereocenters. The first kappa shape index (κ1) is 14.4. The van der Waals surface area contributed by atoms with Crippen LogP contribution in [-0.4, -0.2) is 47.4 Å². The van der Waals surface area contributed by atoms with E-state index in [1.807, 2.05) is 31.0 Å². The number of carbonyl (C=O) groups excluding carboxylic acids is 1. The van der Waals surface area contributed by atoms with E-state index in [2.05, 4.69) is 20.6 Å². The topological polar surface area (TPSA) is 62.2 Å². The van der Waals surface area contributed by atoms with Crippen LogP contribution in [0.25, 0.3) is 0 Å². The van der Waals surface area contributed by atoms with E-state index in [9.17, 15) is 4.79 Å². The average Bonchev–Trinajstić information content (AvgIpc) is 3.12. The van der Waals surface area contributed by atoms with Crippen molar-refractivity contribution in [2.24, 2.45) is 11.8 Å². The minimum Gasteiger partial charge on any atom is -0.335 e. The summed E-state index contributed by atoms with van der Waals surface area (Å²) in [6.45, 7) is 1.75. The standard InChI is InChI=1S/C15H25N5O/c1-19(2)7-8-20-6-5-14(18-20)17-15(21)16-13-10-11-3-4-12(13)9-11/h5-6,11-13H,3-4,7-10H2,1-2H3,(H2,16,17,18,21). The molecule has 3 unspecified atom stereocenters. The van der Waals surface area contributed by atoms with Gasteiger partial charge in [0.15, 0.2) is 5.82 Å². The highest BCUT2D eigenvalue weighted by Gasteiger charge is 2.40. The van der Waals surface area contributed by atoms with E-state index in [0.29, 0.717) is 17.8 Å². The van der Waals surface area contributed by atoms with Gasteiger partial charge >= 0.3 is 6.03 Å². The molecule has 0 aromatic carbocycles. The van der Waals surface area contributed by atoms with E-state index in [4.69, 9.17) is 0 Å². The molecule has 1 aromatic heterocycles. The molecule has 2 N–H and O–H groups in total.